The Morgan fingerprint density at radius 3 is 2.25 bits per heavy atom. The summed E-state index contributed by atoms with van der Waals surface area (Å²) >= 11 is 7.46. The topological polar surface area (TPSA) is 39.7 Å². The van der Waals surface area contributed by atoms with Crippen LogP contribution in [0.15, 0.2) is 24.3 Å². The fraction of sp³-hybridized carbons (Fsp3) is 0.524. The Labute approximate surface area is 175 Å². The summed E-state index contributed by atoms with van der Waals surface area (Å²) in [6, 6.07) is 7.62. The normalized spacial score (nSPS) is 18.7. The Hall–Kier alpha value is -1.47. The second-order valence-electron chi connectivity index (χ2n) is 7.62. The highest BCUT2D eigenvalue weighted by Crippen LogP contribution is 2.29. The fourth-order valence-corrected chi connectivity index (χ4v) is 5.08. The molecular weight excluding hydrogens is 392 g/mol. The number of thiazole rings is 1. The van der Waals surface area contributed by atoms with Crippen LogP contribution >= 0.6 is 22.9 Å². The fourth-order valence-electron chi connectivity index (χ4n) is 3.92. The van der Waals surface area contributed by atoms with Gasteiger partial charge in [-0.25, -0.2) is 4.98 Å². The molecule has 0 radical (unpaired) electrons. The average Bonchev–Trinajstić information content (AvgIpc) is 3.36. The molecule has 4 rings (SSSR count). The molecule has 1 aromatic heterocycles. The van der Waals surface area contributed by atoms with Crippen molar-refractivity contribution in [3.05, 3.63) is 39.9 Å². The standard InChI is InChI=1S/C21H27ClN4OS/c1-16-19(28-20(23-16)17-4-6-18(22)7-5-17)21(27)26-14-12-25(13-15-26)11-10-24-8-2-3-9-24/h4-7H,2-3,8-15H2,1H3. The maximum atomic E-state index is 13.0. The minimum atomic E-state index is 0.120. The van der Waals surface area contributed by atoms with Crippen molar-refractivity contribution in [3.8, 4) is 10.6 Å². The molecule has 0 unspecified atom stereocenters. The number of nitrogens with zero attached hydrogens (tertiary/aromatic N) is 4. The number of aromatic nitrogens is 1. The lowest BCUT2D eigenvalue weighted by atomic mass is 10.2. The van der Waals surface area contributed by atoms with Gasteiger partial charge >= 0.3 is 0 Å². The van der Waals surface area contributed by atoms with Gasteiger partial charge in [0.15, 0.2) is 0 Å². The number of piperazine rings is 1. The van der Waals surface area contributed by atoms with E-state index >= 15 is 0 Å². The molecule has 7 heteroatoms. The monoisotopic (exact) mass is 418 g/mol. The third kappa shape index (κ3) is 4.57. The van der Waals surface area contributed by atoms with Gasteiger partial charge in [0.05, 0.1) is 5.69 Å². The molecule has 1 amide bonds. The zero-order chi connectivity index (χ0) is 19.5. The predicted molar refractivity (Wildman–Crippen MR) is 115 cm³/mol. The van der Waals surface area contributed by atoms with Crippen LogP contribution in [0.5, 0.6) is 0 Å². The second-order valence-corrected chi connectivity index (χ2v) is 9.06. The van der Waals surface area contributed by atoms with Crippen LogP contribution in [-0.4, -0.2) is 77.9 Å². The van der Waals surface area contributed by atoms with Crippen molar-refractivity contribution in [1.82, 2.24) is 19.7 Å². The number of likely N-dealkylation sites (tertiary alicyclic amines) is 1. The van der Waals surface area contributed by atoms with Gasteiger partial charge in [0.1, 0.15) is 9.88 Å². The molecule has 28 heavy (non-hydrogen) atoms. The van der Waals surface area contributed by atoms with Crippen LogP contribution in [0.3, 0.4) is 0 Å². The van der Waals surface area contributed by atoms with Gasteiger partial charge in [0, 0.05) is 49.9 Å². The third-order valence-corrected chi connectivity index (χ3v) is 7.12. The van der Waals surface area contributed by atoms with E-state index in [1.54, 1.807) is 0 Å². The summed E-state index contributed by atoms with van der Waals surface area (Å²) in [6.45, 7) is 10.2. The molecule has 1 aromatic carbocycles. The van der Waals surface area contributed by atoms with Gasteiger partial charge in [-0.3, -0.25) is 9.69 Å². The number of halogens is 1. The number of hydrogen-bond donors (Lipinski definition) is 0. The minimum absolute atomic E-state index is 0.120. The molecule has 0 N–H and O–H groups in total. The smallest absolute Gasteiger partial charge is 0.265 e. The molecule has 2 aromatic rings. The lowest BCUT2D eigenvalue weighted by Gasteiger charge is -2.35. The first kappa shape index (κ1) is 19.8. The van der Waals surface area contributed by atoms with E-state index in [0.717, 1.165) is 60.4 Å². The van der Waals surface area contributed by atoms with Gasteiger partial charge < -0.3 is 9.80 Å². The summed E-state index contributed by atoms with van der Waals surface area (Å²) in [5, 5.41) is 1.58. The number of benzene rings is 1. The molecule has 0 spiro atoms. The van der Waals surface area contributed by atoms with Crippen molar-refractivity contribution < 1.29 is 4.79 Å². The second kappa shape index (κ2) is 8.91. The van der Waals surface area contributed by atoms with Crippen LogP contribution in [0, 0.1) is 6.92 Å². The first-order valence-corrected chi connectivity index (χ1v) is 11.3. The summed E-state index contributed by atoms with van der Waals surface area (Å²) in [6.07, 6.45) is 2.68. The lowest BCUT2D eigenvalue weighted by molar-refractivity contribution is 0.0630. The van der Waals surface area contributed by atoms with Gasteiger partial charge in [-0.1, -0.05) is 23.7 Å². The molecule has 0 atom stereocenters. The molecule has 0 bridgehead atoms. The molecule has 0 aliphatic carbocycles. The van der Waals surface area contributed by atoms with Crippen molar-refractivity contribution in [2.75, 3.05) is 52.4 Å². The summed E-state index contributed by atoms with van der Waals surface area (Å²) in [4.78, 5) is 25.5. The van der Waals surface area contributed by atoms with Crippen LogP contribution in [0.4, 0.5) is 0 Å². The summed E-state index contributed by atoms with van der Waals surface area (Å²) in [5.74, 6) is 0.120. The highest BCUT2D eigenvalue weighted by molar-refractivity contribution is 7.17. The third-order valence-electron chi connectivity index (χ3n) is 5.67. The van der Waals surface area contributed by atoms with E-state index in [1.165, 1.54) is 37.3 Å². The summed E-state index contributed by atoms with van der Waals surface area (Å²) < 4.78 is 0. The van der Waals surface area contributed by atoms with Crippen LogP contribution in [-0.2, 0) is 0 Å². The molecule has 5 nitrogen and oxygen atoms in total. The van der Waals surface area contributed by atoms with Crippen molar-refractivity contribution in [3.63, 3.8) is 0 Å². The van der Waals surface area contributed by atoms with Crippen LogP contribution in [0.1, 0.15) is 28.2 Å². The first-order valence-electron chi connectivity index (χ1n) is 10.1. The summed E-state index contributed by atoms with van der Waals surface area (Å²) in [5.41, 5.74) is 1.82. The Bertz CT molecular complexity index is 808. The number of carbonyl (C=O) groups is 1. The quantitative estimate of drug-likeness (QED) is 0.743. The molecule has 2 aliphatic rings. The Balaban J connectivity index is 1.34. The maximum Gasteiger partial charge on any atom is 0.265 e. The number of rotatable bonds is 5. The minimum Gasteiger partial charge on any atom is -0.335 e. The highest BCUT2D eigenvalue weighted by atomic mass is 35.5. The van der Waals surface area contributed by atoms with E-state index in [0.29, 0.717) is 5.02 Å². The van der Waals surface area contributed by atoms with Crippen molar-refractivity contribution >= 4 is 28.8 Å². The van der Waals surface area contributed by atoms with Crippen molar-refractivity contribution in [2.45, 2.75) is 19.8 Å². The summed E-state index contributed by atoms with van der Waals surface area (Å²) in [7, 11) is 0. The van der Waals surface area contributed by atoms with E-state index in [4.69, 9.17) is 11.6 Å². The molecule has 3 heterocycles. The molecule has 2 fully saturated rings. The predicted octanol–water partition coefficient (Wildman–Crippen LogP) is 3.63. The van der Waals surface area contributed by atoms with Gasteiger partial charge in [-0.15, -0.1) is 11.3 Å². The zero-order valence-electron chi connectivity index (χ0n) is 16.4. The lowest BCUT2D eigenvalue weighted by Crippen LogP contribution is -2.50. The number of hydrogen-bond acceptors (Lipinski definition) is 5. The Morgan fingerprint density at radius 2 is 1.61 bits per heavy atom. The molecule has 0 saturated carbocycles. The van der Waals surface area contributed by atoms with E-state index in [9.17, 15) is 4.79 Å². The Morgan fingerprint density at radius 1 is 1.00 bits per heavy atom. The van der Waals surface area contributed by atoms with E-state index in [-0.39, 0.29) is 5.91 Å². The highest BCUT2D eigenvalue weighted by Gasteiger charge is 2.26. The average molecular weight is 419 g/mol. The van der Waals surface area contributed by atoms with Crippen molar-refractivity contribution in [2.24, 2.45) is 0 Å². The molecule has 2 saturated heterocycles. The number of carbonyl (C=O) groups excluding carboxylic acids is 1. The van der Waals surface area contributed by atoms with Crippen LogP contribution in [0.25, 0.3) is 10.6 Å². The zero-order valence-corrected chi connectivity index (χ0v) is 17.9. The van der Waals surface area contributed by atoms with Gasteiger partial charge in [-0.2, -0.15) is 0 Å². The van der Waals surface area contributed by atoms with Gasteiger partial charge in [-0.05, 0) is 45.0 Å². The van der Waals surface area contributed by atoms with Crippen molar-refractivity contribution in [1.29, 1.82) is 0 Å². The van der Waals surface area contributed by atoms with Crippen LogP contribution < -0.4 is 0 Å². The van der Waals surface area contributed by atoms with E-state index < -0.39 is 0 Å². The SMILES string of the molecule is Cc1nc(-c2ccc(Cl)cc2)sc1C(=O)N1CCN(CCN2CCCC2)CC1. The van der Waals surface area contributed by atoms with Crippen LogP contribution in [0.2, 0.25) is 5.02 Å². The number of amides is 1. The first-order chi connectivity index (χ1) is 13.6. The van der Waals surface area contributed by atoms with Gasteiger partial charge in [0.25, 0.3) is 5.91 Å². The van der Waals surface area contributed by atoms with Gasteiger partial charge in [0.2, 0.25) is 0 Å². The molecular formula is C21H27ClN4OS. The maximum absolute atomic E-state index is 13.0. The largest absolute Gasteiger partial charge is 0.335 e. The van der Waals surface area contributed by atoms with E-state index in [2.05, 4.69) is 14.8 Å². The number of aryl methyl sites for hydroxylation is 1. The molecule has 150 valence electrons. The molecule has 2 aliphatic heterocycles. The Kier molecular flexibility index (Phi) is 6.31. The van der Waals surface area contributed by atoms with E-state index in [1.807, 2.05) is 36.1 Å².